The number of benzene rings is 1. The highest BCUT2D eigenvalue weighted by Gasteiger charge is 2.26. The Labute approximate surface area is 180 Å². The van der Waals surface area contributed by atoms with Gasteiger partial charge in [-0.1, -0.05) is 16.8 Å². The molecule has 0 radical (unpaired) electrons. The molecule has 3 aliphatic heterocycles. The highest BCUT2D eigenvalue weighted by Crippen LogP contribution is 2.27. The first-order valence-corrected chi connectivity index (χ1v) is 10.8. The summed E-state index contributed by atoms with van der Waals surface area (Å²) in [5.41, 5.74) is 1.34. The second-order valence-corrected chi connectivity index (χ2v) is 8.29. The highest BCUT2D eigenvalue weighted by atomic mass is 35.5. The molecule has 1 fully saturated rings. The Kier molecular flexibility index (Phi) is 6.52. The van der Waals surface area contributed by atoms with Crippen LogP contribution in [0.25, 0.3) is 0 Å². The normalized spacial score (nSPS) is 19.3. The molecule has 3 aliphatic rings. The van der Waals surface area contributed by atoms with Gasteiger partial charge in [-0.25, -0.2) is 0 Å². The quantitative estimate of drug-likeness (QED) is 0.691. The number of nitrogens with one attached hydrogen (secondary N) is 1. The van der Waals surface area contributed by atoms with E-state index in [2.05, 4.69) is 15.6 Å². The Bertz CT molecular complexity index is 908. The maximum Gasteiger partial charge on any atom is 0.257 e. The van der Waals surface area contributed by atoms with E-state index in [9.17, 15) is 9.59 Å². The lowest BCUT2D eigenvalue weighted by Crippen LogP contribution is -2.41. The first-order valence-electron chi connectivity index (χ1n) is 10.5. The molecule has 0 spiro atoms. The summed E-state index contributed by atoms with van der Waals surface area (Å²) in [6, 6.07) is 5.15. The van der Waals surface area contributed by atoms with Gasteiger partial charge in [-0.2, -0.15) is 0 Å². The predicted molar refractivity (Wildman–Crippen MR) is 112 cm³/mol. The summed E-state index contributed by atoms with van der Waals surface area (Å²) in [6.07, 6.45) is 5.27. The molecule has 0 unspecified atom stereocenters. The Morgan fingerprint density at radius 3 is 2.80 bits per heavy atom. The van der Waals surface area contributed by atoms with Gasteiger partial charge in [0.15, 0.2) is 0 Å². The number of carbonyl (C=O) groups excluding carboxylic acids is 2. The summed E-state index contributed by atoms with van der Waals surface area (Å²) in [5, 5.41) is 11.8. The fourth-order valence-corrected chi connectivity index (χ4v) is 4.02. The highest BCUT2D eigenvalue weighted by molar-refractivity contribution is 6.30. The summed E-state index contributed by atoms with van der Waals surface area (Å²) in [4.78, 5) is 27.1. The molecule has 2 amide bonds. The van der Waals surface area contributed by atoms with Crippen molar-refractivity contribution in [2.75, 3.05) is 26.2 Å². The second kappa shape index (κ2) is 9.47. The SMILES string of the molecule is O=C1CCc2cn(nn2)CCCOc2cc(Cl)ccc2C(=O)N2CCC(CC2)CN1. The van der Waals surface area contributed by atoms with Gasteiger partial charge < -0.3 is 15.0 Å². The number of hydrogen-bond donors (Lipinski definition) is 1. The van der Waals surface area contributed by atoms with E-state index >= 15 is 0 Å². The van der Waals surface area contributed by atoms with Crippen molar-refractivity contribution >= 4 is 23.4 Å². The van der Waals surface area contributed by atoms with E-state index < -0.39 is 0 Å². The van der Waals surface area contributed by atoms with E-state index in [1.807, 2.05) is 11.1 Å². The smallest absolute Gasteiger partial charge is 0.257 e. The first kappa shape index (κ1) is 20.7. The molecular weight excluding hydrogens is 406 g/mol. The number of aromatic nitrogens is 3. The van der Waals surface area contributed by atoms with Crippen molar-refractivity contribution in [2.24, 2.45) is 5.92 Å². The van der Waals surface area contributed by atoms with Crippen LogP contribution in [0.2, 0.25) is 5.02 Å². The van der Waals surface area contributed by atoms with E-state index in [0.29, 0.717) is 74.3 Å². The molecule has 1 N–H and O–H groups in total. The number of ether oxygens (including phenoxy) is 1. The molecule has 0 saturated carbocycles. The number of carbonyl (C=O) groups is 2. The maximum atomic E-state index is 13.1. The number of rotatable bonds is 0. The third-order valence-electron chi connectivity index (χ3n) is 5.65. The molecule has 5 rings (SSSR count). The molecule has 1 aromatic carbocycles. The molecular formula is C21H26ClN5O3. The van der Waals surface area contributed by atoms with Crippen LogP contribution in [0.5, 0.6) is 5.75 Å². The Morgan fingerprint density at radius 1 is 1.13 bits per heavy atom. The van der Waals surface area contributed by atoms with Crippen LogP contribution in [0.3, 0.4) is 0 Å². The second-order valence-electron chi connectivity index (χ2n) is 7.86. The van der Waals surface area contributed by atoms with Gasteiger partial charge in [0.2, 0.25) is 5.91 Å². The van der Waals surface area contributed by atoms with E-state index in [1.54, 1.807) is 22.9 Å². The lowest BCUT2D eigenvalue weighted by atomic mass is 9.96. The van der Waals surface area contributed by atoms with Crippen molar-refractivity contribution in [2.45, 2.75) is 38.6 Å². The minimum absolute atomic E-state index is 0.0279. The minimum Gasteiger partial charge on any atom is -0.493 e. The number of nitrogens with zero attached hydrogens (tertiary/aromatic N) is 4. The van der Waals surface area contributed by atoms with Crippen molar-refractivity contribution < 1.29 is 14.3 Å². The number of halogens is 1. The fourth-order valence-electron chi connectivity index (χ4n) is 3.86. The lowest BCUT2D eigenvalue weighted by Gasteiger charge is -2.32. The summed E-state index contributed by atoms with van der Waals surface area (Å²) >= 11 is 6.14. The van der Waals surface area contributed by atoms with Crippen molar-refractivity contribution in [3.8, 4) is 5.75 Å². The Balaban J connectivity index is 1.51. The van der Waals surface area contributed by atoms with Crippen LogP contribution in [-0.2, 0) is 17.8 Å². The monoisotopic (exact) mass is 431 g/mol. The van der Waals surface area contributed by atoms with E-state index in [0.717, 1.165) is 18.5 Å². The van der Waals surface area contributed by atoms with Crippen molar-refractivity contribution in [3.05, 3.63) is 40.7 Å². The zero-order chi connectivity index (χ0) is 20.9. The zero-order valence-electron chi connectivity index (χ0n) is 16.8. The van der Waals surface area contributed by atoms with E-state index in [4.69, 9.17) is 16.3 Å². The van der Waals surface area contributed by atoms with Gasteiger partial charge in [0, 0.05) is 56.7 Å². The molecule has 0 atom stereocenters. The average Bonchev–Trinajstić information content (AvgIpc) is 3.21. The van der Waals surface area contributed by atoms with Crippen LogP contribution in [0.15, 0.2) is 24.4 Å². The maximum absolute atomic E-state index is 13.1. The van der Waals surface area contributed by atoms with Gasteiger partial charge in [-0.15, -0.1) is 5.10 Å². The van der Waals surface area contributed by atoms with Crippen molar-refractivity contribution in [1.29, 1.82) is 0 Å². The molecule has 1 saturated heterocycles. The van der Waals surface area contributed by atoms with E-state index in [-0.39, 0.29) is 11.8 Å². The molecule has 1 aromatic heterocycles. The molecule has 30 heavy (non-hydrogen) atoms. The number of amides is 2. The summed E-state index contributed by atoms with van der Waals surface area (Å²) in [6.45, 7) is 3.05. The zero-order valence-corrected chi connectivity index (χ0v) is 17.6. The Hall–Kier alpha value is -2.61. The summed E-state index contributed by atoms with van der Waals surface area (Å²) in [5.74, 6) is 0.879. The standard InChI is InChI=1S/C21H26ClN5O3/c22-16-2-4-18-19(12-16)30-11-1-8-27-14-17(24-25-27)3-5-20(28)23-13-15-6-9-26(10-7-15)21(18)29/h2,4,12,14-15H,1,3,5-11,13H2,(H,23,28). The van der Waals surface area contributed by atoms with Crippen LogP contribution in [0, 0.1) is 5.92 Å². The van der Waals surface area contributed by atoms with Crippen LogP contribution in [0.4, 0.5) is 0 Å². The van der Waals surface area contributed by atoms with Crippen LogP contribution < -0.4 is 10.1 Å². The molecule has 2 aromatic rings. The van der Waals surface area contributed by atoms with Gasteiger partial charge in [0.1, 0.15) is 5.75 Å². The van der Waals surface area contributed by atoms with Gasteiger partial charge >= 0.3 is 0 Å². The molecule has 8 nitrogen and oxygen atoms in total. The van der Waals surface area contributed by atoms with Crippen molar-refractivity contribution in [3.63, 3.8) is 0 Å². The van der Waals surface area contributed by atoms with Crippen LogP contribution in [0.1, 0.15) is 41.7 Å². The topological polar surface area (TPSA) is 89.4 Å². The van der Waals surface area contributed by atoms with Crippen LogP contribution in [-0.4, -0.2) is 57.9 Å². The number of fused-ring (bicyclic) bond motifs is 9. The van der Waals surface area contributed by atoms with Gasteiger partial charge in [-0.05, 0) is 37.0 Å². The fraction of sp³-hybridized carbons (Fsp3) is 0.524. The lowest BCUT2D eigenvalue weighted by molar-refractivity contribution is -0.121. The summed E-state index contributed by atoms with van der Waals surface area (Å²) < 4.78 is 7.67. The number of piperidine rings is 1. The third-order valence-corrected chi connectivity index (χ3v) is 5.88. The molecule has 0 aliphatic carbocycles. The van der Waals surface area contributed by atoms with Gasteiger partial charge in [0.05, 0.1) is 17.9 Å². The average molecular weight is 432 g/mol. The van der Waals surface area contributed by atoms with E-state index in [1.165, 1.54) is 0 Å². The van der Waals surface area contributed by atoms with Crippen molar-refractivity contribution in [1.82, 2.24) is 25.2 Å². The first-order chi connectivity index (χ1) is 14.6. The summed E-state index contributed by atoms with van der Waals surface area (Å²) in [7, 11) is 0. The van der Waals surface area contributed by atoms with Gasteiger partial charge in [0.25, 0.3) is 5.91 Å². The Morgan fingerprint density at radius 2 is 1.97 bits per heavy atom. The molecule has 160 valence electrons. The minimum atomic E-state index is -0.0389. The van der Waals surface area contributed by atoms with Gasteiger partial charge in [-0.3, -0.25) is 14.3 Å². The predicted octanol–water partition coefficient (Wildman–Crippen LogP) is 2.32. The molecule has 4 bridgehead atoms. The number of aryl methyl sites for hydroxylation is 2. The third kappa shape index (κ3) is 5.11. The molecule has 9 heteroatoms. The largest absolute Gasteiger partial charge is 0.493 e. The van der Waals surface area contributed by atoms with Crippen LogP contribution >= 0.6 is 11.6 Å². The number of hydrogen-bond acceptors (Lipinski definition) is 5. The molecule has 4 heterocycles.